The summed E-state index contributed by atoms with van der Waals surface area (Å²) >= 11 is 2.05. The fourth-order valence-corrected chi connectivity index (χ4v) is 3.75. The smallest absolute Gasteiger partial charge is 0.160 e. The molecular weight excluding hydrogens is 258 g/mol. The predicted octanol–water partition coefficient (Wildman–Crippen LogP) is 2.69. The van der Waals surface area contributed by atoms with Crippen LogP contribution in [0.1, 0.15) is 24.7 Å². The summed E-state index contributed by atoms with van der Waals surface area (Å²) in [5.41, 5.74) is 2.04. The summed E-state index contributed by atoms with van der Waals surface area (Å²) in [4.78, 5) is 9.28. The van der Waals surface area contributed by atoms with Gasteiger partial charge in [-0.3, -0.25) is 0 Å². The summed E-state index contributed by atoms with van der Waals surface area (Å²) in [6.45, 7) is 0.713. The zero-order valence-electron chi connectivity index (χ0n) is 11.2. The van der Waals surface area contributed by atoms with Gasteiger partial charge in [0.05, 0.1) is 6.61 Å². The van der Waals surface area contributed by atoms with Crippen LogP contribution in [-0.2, 0) is 11.2 Å². The molecule has 0 radical (unpaired) electrons. The van der Waals surface area contributed by atoms with E-state index in [9.17, 15) is 0 Å². The first-order valence-corrected chi connectivity index (χ1v) is 7.94. The molecule has 19 heavy (non-hydrogen) atoms. The van der Waals surface area contributed by atoms with Crippen molar-refractivity contribution in [3.05, 3.63) is 24.2 Å². The molecular formula is C14H19N3OS. The molecule has 5 heteroatoms. The first-order valence-electron chi connectivity index (χ1n) is 6.78. The summed E-state index contributed by atoms with van der Waals surface area (Å²) in [7, 11) is 1.74. The van der Waals surface area contributed by atoms with Crippen molar-refractivity contribution in [2.75, 3.05) is 25.2 Å². The van der Waals surface area contributed by atoms with E-state index in [1.165, 1.54) is 24.3 Å². The Kier molecular flexibility index (Phi) is 4.03. The molecule has 102 valence electrons. The molecule has 2 aromatic heterocycles. The van der Waals surface area contributed by atoms with Crippen LogP contribution in [-0.4, -0.2) is 39.8 Å². The lowest BCUT2D eigenvalue weighted by Crippen LogP contribution is -2.18. The molecule has 0 atom stereocenters. The standard InChI is InChI=1S/C14H19N3OS/c1-18-8-4-13-16-12-3-2-7-15-14(12)17(13)11-5-9-19-10-6-11/h2-3,7,11H,4-6,8-10H2,1H3. The van der Waals surface area contributed by atoms with Gasteiger partial charge in [0, 0.05) is 25.8 Å². The van der Waals surface area contributed by atoms with Crippen LogP contribution in [0.15, 0.2) is 18.3 Å². The fourth-order valence-electron chi connectivity index (χ4n) is 2.67. The van der Waals surface area contributed by atoms with Crippen molar-refractivity contribution in [3.63, 3.8) is 0 Å². The van der Waals surface area contributed by atoms with Crippen LogP contribution in [0.25, 0.3) is 11.2 Å². The second-order valence-electron chi connectivity index (χ2n) is 4.83. The molecule has 3 rings (SSSR count). The van der Waals surface area contributed by atoms with Crippen molar-refractivity contribution in [3.8, 4) is 0 Å². The SMILES string of the molecule is COCCc1nc2cccnc2n1C1CCSCC1. The van der Waals surface area contributed by atoms with Gasteiger partial charge >= 0.3 is 0 Å². The molecule has 1 aliphatic heterocycles. The lowest BCUT2D eigenvalue weighted by Gasteiger charge is -2.24. The van der Waals surface area contributed by atoms with Gasteiger partial charge in [0.25, 0.3) is 0 Å². The van der Waals surface area contributed by atoms with Crippen molar-refractivity contribution in [2.45, 2.75) is 25.3 Å². The molecule has 4 nitrogen and oxygen atoms in total. The van der Waals surface area contributed by atoms with Crippen molar-refractivity contribution >= 4 is 22.9 Å². The second kappa shape index (κ2) is 5.92. The maximum absolute atomic E-state index is 5.21. The third-order valence-corrected chi connectivity index (χ3v) is 4.66. The fraction of sp³-hybridized carbons (Fsp3) is 0.571. The third-order valence-electron chi connectivity index (χ3n) is 3.61. The minimum Gasteiger partial charge on any atom is -0.384 e. The predicted molar refractivity (Wildman–Crippen MR) is 78.7 cm³/mol. The van der Waals surface area contributed by atoms with Gasteiger partial charge in [-0.05, 0) is 36.5 Å². The number of imidazole rings is 1. The molecule has 0 spiro atoms. The van der Waals surface area contributed by atoms with Gasteiger partial charge in [0.2, 0.25) is 0 Å². The van der Waals surface area contributed by atoms with Crippen LogP contribution in [0.2, 0.25) is 0 Å². The average molecular weight is 277 g/mol. The number of fused-ring (bicyclic) bond motifs is 1. The second-order valence-corrected chi connectivity index (χ2v) is 6.06. The maximum atomic E-state index is 5.21. The van der Waals surface area contributed by atoms with E-state index < -0.39 is 0 Å². The van der Waals surface area contributed by atoms with Gasteiger partial charge in [0.15, 0.2) is 5.65 Å². The molecule has 0 N–H and O–H groups in total. The number of hydrogen-bond donors (Lipinski definition) is 0. The number of hydrogen-bond acceptors (Lipinski definition) is 4. The highest BCUT2D eigenvalue weighted by atomic mass is 32.2. The lowest BCUT2D eigenvalue weighted by molar-refractivity contribution is 0.199. The third kappa shape index (κ3) is 2.62. The van der Waals surface area contributed by atoms with Crippen molar-refractivity contribution in [1.82, 2.24) is 14.5 Å². The van der Waals surface area contributed by atoms with Crippen LogP contribution in [0.4, 0.5) is 0 Å². The van der Waals surface area contributed by atoms with E-state index in [-0.39, 0.29) is 0 Å². The van der Waals surface area contributed by atoms with Crippen molar-refractivity contribution in [2.24, 2.45) is 0 Å². The first kappa shape index (κ1) is 12.9. The van der Waals surface area contributed by atoms with E-state index in [1.807, 2.05) is 30.1 Å². The van der Waals surface area contributed by atoms with Crippen molar-refractivity contribution < 1.29 is 4.74 Å². The summed E-state index contributed by atoms with van der Waals surface area (Å²) in [5, 5.41) is 0. The molecule has 3 heterocycles. The molecule has 0 amide bonds. The van der Waals surface area contributed by atoms with Crippen LogP contribution in [0.3, 0.4) is 0 Å². The Morgan fingerprint density at radius 2 is 2.26 bits per heavy atom. The van der Waals surface area contributed by atoms with Crippen LogP contribution < -0.4 is 0 Å². The van der Waals surface area contributed by atoms with E-state index in [0.29, 0.717) is 12.6 Å². The highest BCUT2D eigenvalue weighted by molar-refractivity contribution is 7.99. The molecule has 0 unspecified atom stereocenters. The number of thioether (sulfide) groups is 1. The first-order chi connectivity index (χ1) is 9.40. The Morgan fingerprint density at radius 1 is 1.42 bits per heavy atom. The zero-order chi connectivity index (χ0) is 13.1. The van der Waals surface area contributed by atoms with Crippen LogP contribution in [0.5, 0.6) is 0 Å². The Bertz CT molecular complexity index is 549. The van der Waals surface area contributed by atoms with Crippen LogP contribution in [0, 0.1) is 0 Å². The Morgan fingerprint density at radius 3 is 3.05 bits per heavy atom. The molecule has 0 bridgehead atoms. The lowest BCUT2D eigenvalue weighted by atomic mass is 10.1. The number of aromatic nitrogens is 3. The topological polar surface area (TPSA) is 39.9 Å². The Balaban J connectivity index is 2.01. The summed E-state index contributed by atoms with van der Waals surface area (Å²) in [6.07, 6.45) is 5.15. The maximum Gasteiger partial charge on any atom is 0.160 e. The highest BCUT2D eigenvalue weighted by Crippen LogP contribution is 2.30. The van der Waals surface area contributed by atoms with Gasteiger partial charge in [-0.1, -0.05) is 0 Å². The number of ether oxygens (including phenoxy) is 1. The number of rotatable bonds is 4. The molecule has 0 saturated carbocycles. The minimum absolute atomic E-state index is 0.549. The summed E-state index contributed by atoms with van der Waals surface area (Å²) in [6, 6.07) is 4.55. The summed E-state index contributed by atoms with van der Waals surface area (Å²) < 4.78 is 7.56. The van der Waals surface area contributed by atoms with Gasteiger partial charge < -0.3 is 9.30 Å². The van der Waals surface area contributed by atoms with E-state index in [2.05, 4.69) is 9.55 Å². The van der Waals surface area contributed by atoms with Gasteiger partial charge in [-0.15, -0.1) is 0 Å². The molecule has 0 aromatic carbocycles. The van der Waals surface area contributed by atoms with E-state index in [0.717, 1.165) is 23.4 Å². The van der Waals surface area contributed by atoms with Gasteiger partial charge in [0.1, 0.15) is 11.3 Å². The van der Waals surface area contributed by atoms with Gasteiger partial charge in [-0.2, -0.15) is 11.8 Å². The highest BCUT2D eigenvalue weighted by Gasteiger charge is 2.21. The van der Waals surface area contributed by atoms with Gasteiger partial charge in [-0.25, -0.2) is 9.97 Å². The molecule has 1 saturated heterocycles. The number of pyridine rings is 1. The monoisotopic (exact) mass is 277 g/mol. The van der Waals surface area contributed by atoms with Crippen molar-refractivity contribution in [1.29, 1.82) is 0 Å². The number of methoxy groups -OCH3 is 1. The van der Waals surface area contributed by atoms with E-state index in [1.54, 1.807) is 7.11 Å². The largest absolute Gasteiger partial charge is 0.384 e. The quantitative estimate of drug-likeness (QED) is 0.861. The molecule has 2 aromatic rings. The summed E-state index contributed by atoms with van der Waals surface area (Å²) in [5.74, 6) is 3.59. The van der Waals surface area contributed by atoms with E-state index >= 15 is 0 Å². The molecule has 0 aliphatic carbocycles. The number of nitrogens with zero attached hydrogens (tertiary/aromatic N) is 3. The molecule has 1 aliphatic rings. The molecule has 1 fully saturated rings. The minimum atomic E-state index is 0.549. The average Bonchev–Trinajstić information content (AvgIpc) is 2.84. The van der Waals surface area contributed by atoms with E-state index in [4.69, 9.17) is 9.72 Å². The Hall–Kier alpha value is -1.07. The zero-order valence-corrected chi connectivity index (χ0v) is 12.0. The Labute approximate surface area is 117 Å². The normalized spacial score (nSPS) is 17.1. The van der Waals surface area contributed by atoms with Crippen LogP contribution >= 0.6 is 11.8 Å².